The van der Waals surface area contributed by atoms with Crippen molar-refractivity contribution in [2.24, 2.45) is 0 Å². The Kier molecular flexibility index (Phi) is 7.93. The van der Waals surface area contributed by atoms with Crippen LogP contribution in [0.1, 0.15) is 35.7 Å². The maximum absolute atomic E-state index is 12.5. The third-order valence-electron chi connectivity index (χ3n) is 4.86. The Hall–Kier alpha value is -3.27. The Labute approximate surface area is 186 Å². The molecule has 0 saturated carbocycles. The summed E-state index contributed by atoms with van der Waals surface area (Å²) in [6.45, 7) is 10.1. The molecule has 0 aliphatic carbocycles. The summed E-state index contributed by atoms with van der Waals surface area (Å²) in [6.07, 6.45) is 0. The molecule has 0 unspecified atom stereocenters. The van der Waals surface area contributed by atoms with Gasteiger partial charge in [0.1, 0.15) is 22.8 Å². The van der Waals surface area contributed by atoms with Gasteiger partial charge in [-0.1, -0.05) is 5.16 Å². The van der Waals surface area contributed by atoms with Crippen LogP contribution in [0, 0.1) is 13.8 Å². The van der Waals surface area contributed by atoms with Gasteiger partial charge < -0.3 is 33.7 Å². The molecule has 1 saturated heterocycles. The summed E-state index contributed by atoms with van der Waals surface area (Å²) in [5.41, 5.74) is 1.94. The molecule has 1 fully saturated rings. The van der Waals surface area contributed by atoms with Gasteiger partial charge in [0, 0.05) is 25.2 Å². The molecular formula is C22H29N3O7. The van der Waals surface area contributed by atoms with Gasteiger partial charge in [-0.05, 0) is 27.7 Å². The van der Waals surface area contributed by atoms with E-state index in [0.717, 1.165) is 18.8 Å². The van der Waals surface area contributed by atoms with E-state index in [1.807, 2.05) is 19.9 Å². The van der Waals surface area contributed by atoms with Crippen molar-refractivity contribution < 1.29 is 33.1 Å². The average molecular weight is 447 g/mol. The number of esters is 1. The number of carbonyl (C=O) groups excluding carboxylic acids is 2. The summed E-state index contributed by atoms with van der Waals surface area (Å²) in [5.74, 6) is 0.294. The molecule has 10 nitrogen and oxygen atoms in total. The number of anilines is 2. The first-order valence-corrected chi connectivity index (χ1v) is 10.6. The van der Waals surface area contributed by atoms with Crippen molar-refractivity contribution in [3.63, 3.8) is 0 Å². The lowest BCUT2D eigenvalue weighted by molar-refractivity contribution is -0.119. The van der Waals surface area contributed by atoms with Crippen molar-refractivity contribution in [3.05, 3.63) is 29.2 Å². The predicted molar refractivity (Wildman–Crippen MR) is 117 cm³/mol. The van der Waals surface area contributed by atoms with E-state index < -0.39 is 18.5 Å². The topological polar surface area (TPSA) is 112 Å². The predicted octanol–water partition coefficient (Wildman–Crippen LogP) is 2.72. The third-order valence-corrected chi connectivity index (χ3v) is 4.86. The van der Waals surface area contributed by atoms with Gasteiger partial charge in [0.15, 0.2) is 6.61 Å². The molecule has 0 atom stereocenters. The van der Waals surface area contributed by atoms with Crippen LogP contribution in [0.4, 0.5) is 11.4 Å². The Morgan fingerprint density at radius 3 is 2.41 bits per heavy atom. The van der Waals surface area contributed by atoms with Gasteiger partial charge in [0.25, 0.3) is 5.91 Å². The molecule has 1 amide bonds. The van der Waals surface area contributed by atoms with E-state index >= 15 is 0 Å². The maximum atomic E-state index is 12.5. The van der Waals surface area contributed by atoms with Crippen LogP contribution in [-0.2, 0) is 14.3 Å². The largest absolute Gasteiger partial charge is 0.492 e. The van der Waals surface area contributed by atoms with Gasteiger partial charge in [0.2, 0.25) is 0 Å². The van der Waals surface area contributed by atoms with Crippen LogP contribution in [-0.4, -0.2) is 63.2 Å². The molecule has 0 bridgehead atoms. The molecule has 174 valence electrons. The van der Waals surface area contributed by atoms with Crippen molar-refractivity contribution in [2.75, 3.05) is 56.3 Å². The van der Waals surface area contributed by atoms with Gasteiger partial charge in [-0.3, -0.25) is 4.79 Å². The molecule has 0 spiro atoms. The lowest BCUT2D eigenvalue weighted by Gasteiger charge is -2.31. The SMILES string of the molecule is CCOc1cc(N2CCOCC2)c(OCC)cc1NC(=O)COC(=O)c1c(C)noc1C. The van der Waals surface area contributed by atoms with Gasteiger partial charge in [-0.25, -0.2) is 4.79 Å². The number of morpholine rings is 1. The van der Waals surface area contributed by atoms with E-state index in [1.165, 1.54) is 0 Å². The molecule has 1 aliphatic rings. The van der Waals surface area contributed by atoms with Crippen LogP contribution in [0.2, 0.25) is 0 Å². The van der Waals surface area contributed by atoms with E-state index in [-0.39, 0.29) is 5.56 Å². The number of nitrogens with one attached hydrogen (secondary N) is 1. The maximum Gasteiger partial charge on any atom is 0.344 e. The molecule has 1 aliphatic heterocycles. The number of aryl methyl sites for hydroxylation is 2. The van der Waals surface area contributed by atoms with Gasteiger partial charge in [-0.15, -0.1) is 0 Å². The van der Waals surface area contributed by atoms with Crippen LogP contribution in [0.3, 0.4) is 0 Å². The van der Waals surface area contributed by atoms with Gasteiger partial charge in [-0.2, -0.15) is 0 Å². The molecule has 1 aromatic carbocycles. The smallest absolute Gasteiger partial charge is 0.344 e. The molecular weight excluding hydrogens is 418 g/mol. The Morgan fingerprint density at radius 2 is 1.78 bits per heavy atom. The van der Waals surface area contributed by atoms with Crippen molar-refractivity contribution in [1.82, 2.24) is 5.16 Å². The first kappa shape index (κ1) is 23.4. The summed E-state index contributed by atoms with van der Waals surface area (Å²) < 4.78 is 27.1. The number of hydrogen-bond donors (Lipinski definition) is 1. The highest BCUT2D eigenvalue weighted by atomic mass is 16.5. The minimum absolute atomic E-state index is 0.223. The zero-order chi connectivity index (χ0) is 23.1. The van der Waals surface area contributed by atoms with Crippen molar-refractivity contribution in [3.8, 4) is 11.5 Å². The van der Waals surface area contributed by atoms with Crippen molar-refractivity contribution in [2.45, 2.75) is 27.7 Å². The van der Waals surface area contributed by atoms with E-state index in [4.69, 9.17) is 23.5 Å². The minimum atomic E-state index is -0.667. The Morgan fingerprint density at radius 1 is 1.09 bits per heavy atom. The monoisotopic (exact) mass is 447 g/mol. The fourth-order valence-corrected chi connectivity index (χ4v) is 3.41. The third kappa shape index (κ3) is 5.50. The summed E-state index contributed by atoms with van der Waals surface area (Å²) in [4.78, 5) is 26.9. The van der Waals surface area contributed by atoms with Crippen LogP contribution >= 0.6 is 0 Å². The molecule has 1 N–H and O–H groups in total. The van der Waals surface area contributed by atoms with Crippen LogP contribution < -0.4 is 19.7 Å². The minimum Gasteiger partial charge on any atom is -0.492 e. The first-order valence-electron chi connectivity index (χ1n) is 10.6. The summed E-state index contributed by atoms with van der Waals surface area (Å²) in [5, 5.41) is 6.47. The summed E-state index contributed by atoms with van der Waals surface area (Å²) in [6, 6.07) is 3.58. The first-order chi connectivity index (χ1) is 15.4. The van der Waals surface area contributed by atoms with E-state index in [2.05, 4.69) is 15.4 Å². The number of ether oxygens (including phenoxy) is 4. The molecule has 2 heterocycles. The number of carbonyl (C=O) groups is 2. The zero-order valence-corrected chi connectivity index (χ0v) is 18.9. The second-order valence-corrected chi connectivity index (χ2v) is 7.11. The quantitative estimate of drug-likeness (QED) is 0.580. The lowest BCUT2D eigenvalue weighted by atomic mass is 10.2. The van der Waals surface area contributed by atoms with E-state index in [1.54, 1.807) is 19.9 Å². The number of amides is 1. The summed E-state index contributed by atoms with van der Waals surface area (Å²) in [7, 11) is 0. The van der Waals surface area contributed by atoms with Crippen LogP contribution in [0.15, 0.2) is 16.7 Å². The number of benzene rings is 1. The van der Waals surface area contributed by atoms with Crippen LogP contribution in [0.5, 0.6) is 11.5 Å². The second-order valence-electron chi connectivity index (χ2n) is 7.11. The standard InChI is InChI=1S/C22H29N3O7/c1-5-29-18-12-17(25-7-9-28-10-8-25)19(30-6-2)11-16(18)23-20(26)13-31-22(27)21-14(3)24-32-15(21)4/h11-12H,5-10,13H2,1-4H3,(H,23,26). The number of nitrogens with zero attached hydrogens (tertiary/aromatic N) is 2. The van der Waals surface area contributed by atoms with Gasteiger partial charge in [0.05, 0.1) is 43.5 Å². The number of hydrogen-bond acceptors (Lipinski definition) is 9. The molecule has 10 heteroatoms. The Balaban J connectivity index is 1.75. The highest BCUT2D eigenvalue weighted by Gasteiger charge is 2.22. The van der Waals surface area contributed by atoms with Gasteiger partial charge >= 0.3 is 5.97 Å². The van der Waals surface area contributed by atoms with Crippen molar-refractivity contribution >= 4 is 23.3 Å². The molecule has 2 aromatic rings. The lowest BCUT2D eigenvalue weighted by Crippen LogP contribution is -2.36. The van der Waals surface area contributed by atoms with E-state index in [9.17, 15) is 9.59 Å². The average Bonchev–Trinajstić information content (AvgIpc) is 3.12. The summed E-state index contributed by atoms with van der Waals surface area (Å²) >= 11 is 0. The normalized spacial score (nSPS) is 13.6. The molecule has 0 radical (unpaired) electrons. The highest BCUT2D eigenvalue weighted by Crippen LogP contribution is 2.39. The molecule has 32 heavy (non-hydrogen) atoms. The number of rotatable bonds is 9. The van der Waals surface area contributed by atoms with E-state index in [0.29, 0.717) is 55.1 Å². The fourth-order valence-electron chi connectivity index (χ4n) is 3.41. The molecule has 3 rings (SSSR count). The molecule has 1 aromatic heterocycles. The Bertz CT molecular complexity index is 932. The number of aromatic nitrogens is 1. The fraction of sp³-hybridized carbons (Fsp3) is 0.500. The van der Waals surface area contributed by atoms with Crippen molar-refractivity contribution in [1.29, 1.82) is 0 Å². The second kappa shape index (κ2) is 10.9. The van der Waals surface area contributed by atoms with Crippen LogP contribution in [0.25, 0.3) is 0 Å². The highest BCUT2D eigenvalue weighted by molar-refractivity contribution is 5.97. The zero-order valence-electron chi connectivity index (χ0n) is 18.9.